The molecule has 0 bridgehead atoms. The number of benzene rings is 2. The van der Waals surface area contributed by atoms with Gasteiger partial charge in [-0.3, -0.25) is 4.79 Å². The molecule has 5 heteroatoms. The molecule has 2 rings (SSSR count). The van der Waals surface area contributed by atoms with Crippen LogP contribution in [0.2, 0.25) is 0 Å². The molecule has 0 atom stereocenters. The maximum absolute atomic E-state index is 13.6. The number of rotatable bonds is 3. The lowest BCUT2D eigenvalue weighted by Crippen LogP contribution is -2.14. The van der Waals surface area contributed by atoms with Crippen LogP contribution in [-0.4, -0.2) is 13.0 Å². The first-order valence-corrected chi connectivity index (χ1v) is 6.30. The molecule has 0 unspecified atom stereocenters. The van der Waals surface area contributed by atoms with E-state index < -0.39 is 11.7 Å². The number of anilines is 1. The van der Waals surface area contributed by atoms with Crippen LogP contribution < -0.4 is 10.1 Å². The molecule has 0 spiro atoms. The summed E-state index contributed by atoms with van der Waals surface area (Å²) in [4.78, 5) is 12.0. The Kier molecular flexibility index (Phi) is 4.16. The van der Waals surface area contributed by atoms with Gasteiger partial charge in [-0.15, -0.1) is 0 Å². The Bertz CT molecular complexity index is 616. The summed E-state index contributed by atoms with van der Waals surface area (Å²) in [5, 5.41) is 2.62. The molecule has 0 aliphatic carbocycles. The minimum absolute atomic E-state index is 0.0275. The zero-order valence-corrected chi connectivity index (χ0v) is 11.7. The molecule has 98 valence electrons. The summed E-state index contributed by atoms with van der Waals surface area (Å²) in [5.74, 6) is -0.579. The average Bonchev–Trinajstić information content (AvgIpc) is 2.42. The van der Waals surface area contributed by atoms with Crippen molar-refractivity contribution in [2.45, 2.75) is 0 Å². The number of carbonyl (C=O) groups is 1. The zero-order valence-electron chi connectivity index (χ0n) is 10.1. The molecule has 0 aliphatic heterocycles. The van der Waals surface area contributed by atoms with E-state index in [0.29, 0.717) is 15.9 Å². The molecular weight excluding hydrogens is 313 g/mol. The Morgan fingerprint density at radius 2 is 2.00 bits per heavy atom. The van der Waals surface area contributed by atoms with Crippen molar-refractivity contribution in [2.24, 2.45) is 0 Å². The van der Waals surface area contributed by atoms with Crippen molar-refractivity contribution in [3.8, 4) is 5.75 Å². The molecule has 3 nitrogen and oxygen atoms in total. The first-order chi connectivity index (χ1) is 9.11. The fraction of sp³-hybridized carbons (Fsp3) is 0.0714. The van der Waals surface area contributed by atoms with Crippen LogP contribution in [-0.2, 0) is 0 Å². The number of hydrogen-bond donors (Lipinski definition) is 1. The molecule has 0 saturated carbocycles. The second kappa shape index (κ2) is 5.84. The Balaban J connectivity index is 2.28. The van der Waals surface area contributed by atoms with Gasteiger partial charge in [-0.1, -0.05) is 28.1 Å². The smallest absolute Gasteiger partial charge is 0.258 e. The lowest BCUT2D eigenvalue weighted by Gasteiger charge is -2.10. The Morgan fingerprint density at radius 1 is 1.26 bits per heavy atom. The quantitative estimate of drug-likeness (QED) is 0.931. The summed E-state index contributed by atoms with van der Waals surface area (Å²) in [7, 11) is 1.50. The maximum Gasteiger partial charge on any atom is 0.258 e. The van der Waals surface area contributed by atoms with Gasteiger partial charge in [0, 0.05) is 4.47 Å². The molecule has 2 aromatic carbocycles. The van der Waals surface area contributed by atoms with E-state index in [0.717, 1.165) is 0 Å². The lowest BCUT2D eigenvalue weighted by atomic mass is 10.2. The van der Waals surface area contributed by atoms with E-state index in [9.17, 15) is 9.18 Å². The third-order valence-electron chi connectivity index (χ3n) is 2.53. The van der Waals surface area contributed by atoms with Gasteiger partial charge in [0.25, 0.3) is 5.91 Å². The third-order valence-corrected chi connectivity index (χ3v) is 3.02. The number of amides is 1. The largest absolute Gasteiger partial charge is 0.495 e. The SMILES string of the molecule is COc1ccccc1NC(=O)c1cc(Br)ccc1F. The molecule has 0 aromatic heterocycles. The second-order valence-electron chi connectivity index (χ2n) is 3.78. The summed E-state index contributed by atoms with van der Waals surface area (Å²) in [6, 6.07) is 11.2. The first-order valence-electron chi connectivity index (χ1n) is 5.51. The normalized spacial score (nSPS) is 10.1. The van der Waals surface area contributed by atoms with E-state index in [-0.39, 0.29) is 5.56 Å². The third kappa shape index (κ3) is 3.12. The predicted octanol–water partition coefficient (Wildman–Crippen LogP) is 3.85. The van der Waals surface area contributed by atoms with Gasteiger partial charge in [-0.25, -0.2) is 4.39 Å². The van der Waals surface area contributed by atoms with E-state index in [2.05, 4.69) is 21.2 Å². The molecule has 19 heavy (non-hydrogen) atoms. The van der Waals surface area contributed by atoms with Crippen molar-refractivity contribution in [1.82, 2.24) is 0 Å². The van der Waals surface area contributed by atoms with Crippen molar-refractivity contribution < 1.29 is 13.9 Å². The van der Waals surface area contributed by atoms with Gasteiger partial charge >= 0.3 is 0 Å². The Hall–Kier alpha value is -1.88. The summed E-state index contributed by atoms with van der Waals surface area (Å²) in [5.41, 5.74) is 0.467. The summed E-state index contributed by atoms with van der Waals surface area (Å²) >= 11 is 3.21. The Morgan fingerprint density at radius 3 is 2.74 bits per heavy atom. The van der Waals surface area contributed by atoms with Crippen molar-refractivity contribution in [3.63, 3.8) is 0 Å². The summed E-state index contributed by atoms with van der Waals surface area (Å²) < 4.78 is 19.3. The van der Waals surface area contributed by atoms with Crippen LogP contribution in [0.25, 0.3) is 0 Å². The van der Waals surface area contributed by atoms with Crippen LogP contribution in [0.4, 0.5) is 10.1 Å². The molecular formula is C14H11BrFNO2. The Labute approximate surface area is 118 Å². The monoisotopic (exact) mass is 323 g/mol. The highest BCUT2D eigenvalue weighted by atomic mass is 79.9. The van der Waals surface area contributed by atoms with Crippen LogP contribution in [0.5, 0.6) is 5.75 Å². The van der Waals surface area contributed by atoms with Crippen LogP contribution in [0.1, 0.15) is 10.4 Å². The fourth-order valence-electron chi connectivity index (χ4n) is 1.61. The number of carbonyl (C=O) groups excluding carboxylic acids is 1. The molecule has 2 aromatic rings. The second-order valence-corrected chi connectivity index (χ2v) is 4.69. The van der Waals surface area contributed by atoms with E-state index in [1.807, 2.05) is 0 Å². The minimum atomic E-state index is -0.574. The van der Waals surface area contributed by atoms with Gasteiger partial charge in [-0.05, 0) is 30.3 Å². The van der Waals surface area contributed by atoms with Crippen molar-refractivity contribution in [3.05, 3.63) is 58.3 Å². The van der Waals surface area contributed by atoms with Gasteiger partial charge in [0.05, 0.1) is 18.4 Å². The van der Waals surface area contributed by atoms with Crippen LogP contribution in [0.15, 0.2) is 46.9 Å². The fourth-order valence-corrected chi connectivity index (χ4v) is 1.97. The van der Waals surface area contributed by atoms with Gasteiger partial charge in [0.15, 0.2) is 0 Å². The number of methoxy groups -OCH3 is 1. The molecule has 0 radical (unpaired) electrons. The lowest BCUT2D eigenvalue weighted by molar-refractivity contribution is 0.102. The van der Waals surface area contributed by atoms with E-state index in [1.54, 1.807) is 24.3 Å². The highest BCUT2D eigenvalue weighted by Gasteiger charge is 2.14. The van der Waals surface area contributed by atoms with E-state index in [1.165, 1.54) is 25.3 Å². The van der Waals surface area contributed by atoms with Crippen molar-refractivity contribution in [2.75, 3.05) is 12.4 Å². The highest BCUT2D eigenvalue weighted by Crippen LogP contribution is 2.24. The number of para-hydroxylation sites is 2. The van der Waals surface area contributed by atoms with Crippen LogP contribution in [0, 0.1) is 5.82 Å². The number of halogens is 2. The van der Waals surface area contributed by atoms with Crippen LogP contribution in [0.3, 0.4) is 0 Å². The molecule has 1 N–H and O–H groups in total. The van der Waals surface area contributed by atoms with E-state index >= 15 is 0 Å². The topological polar surface area (TPSA) is 38.3 Å². The molecule has 1 amide bonds. The molecule has 0 aliphatic rings. The summed E-state index contributed by atoms with van der Waals surface area (Å²) in [6.07, 6.45) is 0. The van der Waals surface area contributed by atoms with Crippen molar-refractivity contribution >= 4 is 27.5 Å². The highest BCUT2D eigenvalue weighted by molar-refractivity contribution is 9.10. The predicted molar refractivity (Wildman–Crippen MR) is 75.0 cm³/mol. The maximum atomic E-state index is 13.6. The molecule has 0 saturated heterocycles. The van der Waals surface area contributed by atoms with Gasteiger partial charge in [0.2, 0.25) is 0 Å². The number of hydrogen-bond acceptors (Lipinski definition) is 2. The van der Waals surface area contributed by atoms with Gasteiger partial charge in [-0.2, -0.15) is 0 Å². The average molecular weight is 324 g/mol. The molecule has 0 fully saturated rings. The number of ether oxygens (including phenoxy) is 1. The minimum Gasteiger partial charge on any atom is -0.495 e. The van der Waals surface area contributed by atoms with E-state index in [4.69, 9.17) is 4.74 Å². The van der Waals surface area contributed by atoms with Crippen molar-refractivity contribution in [1.29, 1.82) is 0 Å². The van der Waals surface area contributed by atoms with Gasteiger partial charge < -0.3 is 10.1 Å². The standard InChI is InChI=1S/C14H11BrFNO2/c1-19-13-5-3-2-4-12(13)17-14(18)10-8-9(15)6-7-11(10)16/h2-8H,1H3,(H,17,18). The van der Waals surface area contributed by atoms with Crippen LogP contribution >= 0.6 is 15.9 Å². The zero-order chi connectivity index (χ0) is 13.8. The first kappa shape index (κ1) is 13.5. The molecule has 0 heterocycles. The van der Waals surface area contributed by atoms with Gasteiger partial charge in [0.1, 0.15) is 11.6 Å². The summed E-state index contributed by atoms with van der Waals surface area (Å²) in [6.45, 7) is 0. The number of nitrogens with one attached hydrogen (secondary N) is 1.